The molecule has 2 fully saturated rings. The summed E-state index contributed by atoms with van der Waals surface area (Å²) in [7, 11) is 0. The Balaban J connectivity index is 1.63. The van der Waals surface area contributed by atoms with Crippen LogP contribution in [0.3, 0.4) is 0 Å². The van der Waals surface area contributed by atoms with Gasteiger partial charge in [0.2, 0.25) is 0 Å². The van der Waals surface area contributed by atoms with Gasteiger partial charge in [0, 0.05) is 25.2 Å². The highest BCUT2D eigenvalue weighted by atomic mass is 16.2. The molecule has 0 aromatic heterocycles. The Kier molecular flexibility index (Phi) is 3.62. The maximum Gasteiger partial charge on any atom is 0.320 e. The number of benzene rings is 1. The molecule has 124 valence electrons. The van der Waals surface area contributed by atoms with Crippen molar-refractivity contribution in [3.8, 4) is 0 Å². The number of rotatable bonds is 0. The molecule has 0 saturated carbocycles. The monoisotopic (exact) mass is 312 g/mol. The summed E-state index contributed by atoms with van der Waals surface area (Å²) in [5, 5.41) is 0. The predicted molar refractivity (Wildman–Crippen MR) is 92.6 cm³/mol. The van der Waals surface area contributed by atoms with Gasteiger partial charge in [-0.3, -0.25) is 0 Å². The molecule has 2 saturated heterocycles. The second-order valence-corrected chi connectivity index (χ2v) is 8.07. The number of carbonyl (C=O) groups is 1. The highest BCUT2D eigenvalue weighted by Gasteiger charge is 2.47. The summed E-state index contributed by atoms with van der Waals surface area (Å²) in [6, 6.07) is 9.88. The van der Waals surface area contributed by atoms with Crippen LogP contribution in [0.2, 0.25) is 0 Å². The molecule has 3 heteroatoms. The van der Waals surface area contributed by atoms with E-state index < -0.39 is 0 Å². The van der Waals surface area contributed by atoms with Crippen molar-refractivity contribution >= 4 is 6.03 Å². The number of carbonyl (C=O) groups excluding carboxylic acids is 1. The van der Waals surface area contributed by atoms with E-state index in [-0.39, 0.29) is 5.41 Å². The third-order valence-electron chi connectivity index (χ3n) is 6.27. The number of nitrogens with zero attached hydrogens (tertiary/aromatic N) is 2. The minimum atomic E-state index is 0.234. The summed E-state index contributed by atoms with van der Waals surface area (Å²) in [6.45, 7) is 6.54. The summed E-state index contributed by atoms with van der Waals surface area (Å²) in [5.41, 5.74) is 3.21. The van der Waals surface area contributed by atoms with Crippen LogP contribution >= 0.6 is 0 Å². The first-order valence-electron chi connectivity index (χ1n) is 9.24. The highest BCUT2D eigenvalue weighted by Crippen LogP contribution is 2.47. The highest BCUT2D eigenvalue weighted by molar-refractivity contribution is 5.76. The van der Waals surface area contributed by atoms with Gasteiger partial charge in [0.25, 0.3) is 0 Å². The molecule has 3 atom stereocenters. The lowest BCUT2D eigenvalue weighted by Crippen LogP contribution is -2.61. The van der Waals surface area contributed by atoms with E-state index in [0.29, 0.717) is 18.1 Å². The summed E-state index contributed by atoms with van der Waals surface area (Å²) >= 11 is 0. The van der Waals surface area contributed by atoms with Crippen molar-refractivity contribution in [2.75, 3.05) is 13.1 Å². The van der Waals surface area contributed by atoms with Crippen LogP contribution in [-0.2, 0) is 11.8 Å². The SMILES string of the molecule is C[C@@H]1C[C@]2(C)C[C@@H](Cc3ccccc32)N1C(=O)N1CCCCC1. The zero-order chi connectivity index (χ0) is 16.0. The second-order valence-electron chi connectivity index (χ2n) is 8.07. The molecule has 4 rings (SSSR count). The topological polar surface area (TPSA) is 23.6 Å². The van der Waals surface area contributed by atoms with Crippen molar-refractivity contribution in [3.05, 3.63) is 35.4 Å². The fraction of sp³-hybridized carbons (Fsp3) is 0.650. The first-order valence-corrected chi connectivity index (χ1v) is 9.24. The van der Waals surface area contributed by atoms with E-state index in [9.17, 15) is 4.79 Å². The third kappa shape index (κ3) is 2.45. The van der Waals surface area contributed by atoms with E-state index in [1.165, 1.54) is 30.4 Å². The van der Waals surface area contributed by atoms with Crippen molar-refractivity contribution in [2.24, 2.45) is 0 Å². The fourth-order valence-corrected chi connectivity index (χ4v) is 5.34. The molecule has 1 aliphatic carbocycles. The number of piperidine rings is 2. The molecule has 23 heavy (non-hydrogen) atoms. The molecule has 2 amide bonds. The maximum atomic E-state index is 13.1. The van der Waals surface area contributed by atoms with Gasteiger partial charge in [0.1, 0.15) is 0 Å². The number of fused-ring (bicyclic) bond motifs is 4. The Morgan fingerprint density at radius 2 is 1.87 bits per heavy atom. The first kappa shape index (κ1) is 15.0. The molecule has 3 aliphatic rings. The summed E-state index contributed by atoms with van der Waals surface area (Å²) < 4.78 is 0. The second kappa shape index (κ2) is 5.54. The minimum absolute atomic E-state index is 0.234. The summed E-state index contributed by atoms with van der Waals surface area (Å²) in [4.78, 5) is 17.5. The van der Waals surface area contributed by atoms with Crippen LogP contribution in [0, 0.1) is 0 Å². The Hall–Kier alpha value is -1.51. The molecule has 0 unspecified atom stereocenters. The smallest absolute Gasteiger partial charge is 0.320 e. The number of likely N-dealkylation sites (tertiary alicyclic amines) is 2. The van der Waals surface area contributed by atoms with E-state index in [2.05, 4.69) is 47.9 Å². The molecule has 0 N–H and O–H groups in total. The fourth-order valence-electron chi connectivity index (χ4n) is 5.34. The molecule has 1 aromatic rings. The lowest BCUT2D eigenvalue weighted by Gasteiger charge is -2.54. The van der Waals surface area contributed by atoms with Gasteiger partial charge in [-0.15, -0.1) is 0 Å². The average molecular weight is 312 g/mol. The quantitative estimate of drug-likeness (QED) is 0.711. The van der Waals surface area contributed by atoms with Gasteiger partial charge >= 0.3 is 6.03 Å². The van der Waals surface area contributed by atoms with Gasteiger partial charge in [0.05, 0.1) is 0 Å². The Labute approximate surface area is 139 Å². The largest absolute Gasteiger partial charge is 0.325 e. The Bertz CT molecular complexity index is 607. The Morgan fingerprint density at radius 1 is 1.13 bits per heavy atom. The zero-order valence-corrected chi connectivity index (χ0v) is 14.4. The van der Waals surface area contributed by atoms with Crippen LogP contribution < -0.4 is 0 Å². The number of urea groups is 1. The lowest BCUT2D eigenvalue weighted by molar-refractivity contribution is 0.0465. The van der Waals surface area contributed by atoms with Crippen molar-refractivity contribution < 1.29 is 4.79 Å². The molecule has 1 aromatic carbocycles. The van der Waals surface area contributed by atoms with Crippen LogP contribution in [0.5, 0.6) is 0 Å². The Morgan fingerprint density at radius 3 is 2.65 bits per heavy atom. The molecule has 3 nitrogen and oxygen atoms in total. The molecule has 2 aliphatic heterocycles. The van der Waals surface area contributed by atoms with Gasteiger partial charge in [-0.1, -0.05) is 31.2 Å². The number of amides is 2. The van der Waals surface area contributed by atoms with E-state index in [1.807, 2.05) is 0 Å². The lowest BCUT2D eigenvalue weighted by atomic mass is 9.63. The molecule has 2 heterocycles. The van der Waals surface area contributed by atoms with Crippen LogP contribution in [0.25, 0.3) is 0 Å². The zero-order valence-electron chi connectivity index (χ0n) is 14.4. The van der Waals surface area contributed by atoms with E-state index in [4.69, 9.17) is 0 Å². The van der Waals surface area contributed by atoms with Crippen LogP contribution in [0.1, 0.15) is 57.1 Å². The summed E-state index contributed by atoms with van der Waals surface area (Å²) in [6.07, 6.45) is 6.83. The molecular weight excluding hydrogens is 284 g/mol. The van der Waals surface area contributed by atoms with Gasteiger partial charge in [-0.2, -0.15) is 0 Å². The molecule has 0 radical (unpaired) electrons. The molecule has 2 bridgehead atoms. The number of hydrogen-bond acceptors (Lipinski definition) is 1. The van der Waals surface area contributed by atoms with Crippen molar-refractivity contribution in [3.63, 3.8) is 0 Å². The maximum absolute atomic E-state index is 13.1. The number of hydrogen-bond donors (Lipinski definition) is 0. The predicted octanol–water partition coefficient (Wildman–Crippen LogP) is 3.96. The summed E-state index contributed by atoms with van der Waals surface area (Å²) in [5.74, 6) is 0. The standard InChI is InChI=1S/C20H28N2O/c1-15-13-20(2)14-17(12-16-8-4-5-9-18(16)20)22(15)19(23)21-10-6-3-7-11-21/h4-5,8-9,15,17H,3,6-7,10-14H2,1-2H3/t15-,17-,20-/m1/s1. The van der Waals surface area contributed by atoms with Gasteiger partial charge in [0.15, 0.2) is 0 Å². The minimum Gasteiger partial charge on any atom is -0.325 e. The molecular formula is C20H28N2O. The van der Waals surface area contributed by atoms with Gasteiger partial charge < -0.3 is 9.80 Å². The third-order valence-corrected chi connectivity index (χ3v) is 6.27. The normalized spacial score (nSPS) is 33.3. The van der Waals surface area contributed by atoms with Crippen LogP contribution in [-0.4, -0.2) is 41.0 Å². The molecule has 0 spiro atoms. The average Bonchev–Trinajstić information content (AvgIpc) is 2.55. The van der Waals surface area contributed by atoms with E-state index in [1.54, 1.807) is 0 Å². The van der Waals surface area contributed by atoms with Crippen LogP contribution in [0.15, 0.2) is 24.3 Å². The van der Waals surface area contributed by atoms with Crippen molar-refractivity contribution in [2.45, 2.75) is 69.9 Å². The van der Waals surface area contributed by atoms with E-state index >= 15 is 0 Å². The first-order chi connectivity index (χ1) is 11.1. The van der Waals surface area contributed by atoms with Gasteiger partial charge in [-0.25, -0.2) is 4.79 Å². The van der Waals surface area contributed by atoms with Crippen molar-refractivity contribution in [1.29, 1.82) is 0 Å². The van der Waals surface area contributed by atoms with E-state index in [0.717, 1.165) is 32.4 Å². The van der Waals surface area contributed by atoms with Gasteiger partial charge in [-0.05, 0) is 62.0 Å². The van der Waals surface area contributed by atoms with Crippen LogP contribution in [0.4, 0.5) is 4.79 Å². The van der Waals surface area contributed by atoms with Crippen molar-refractivity contribution in [1.82, 2.24) is 9.80 Å².